The highest BCUT2D eigenvalue weighted by molar-refractivity contribution is 6.30. The van der Waals surface area contributed by atoms with Crippen molar-refractivity contribution in [2.24, 2.45) is 5.92 Å². The molecule has 0 aliphatic carbocycles. The Balaban J connectivity index is 2.01. The summed E-state index contributed by atoms with van der Waals surface area (Å²) in [6.07, 6.45) is 6.35. The van der Waals surface area contributed by atoms with Crippen LogP contribution in [-0.4, -0.2) is 15.4 Å². The van der Waals surface area contributed by atoms with Gasteiger partial charge in [-0.15, -0.1) is 0 Å². The summed E-state index contributed by atoms with van der Waals surface area (Å²) in [4.78, 5) is 4.58. The third kappa shape index (κ3) is 3.48. The van der Waals surface area contributed by atoms with Crippen LogP contribution in [0.15, 0.2) is 24.5 Å². The van der Waals surface area contributed by atoms with Crippen LogP contribution in [0.25, 0.3) is 5.65 Å². The minimum Gasteiger partial charge on any atom is -0.308 e. The van der Waals surface area contributed by atoms with Gasteiger partial charge in [0.25, 0.3) is 0 Å². The number of nitrogens with zero attached hydrogens (tertiary/aromatic N) is 2. The molecule has 0 fully saturated rings. The van der Waals surface area contributed by atoms with Crippen molar-refractivity contribution >= 4 is 17.2 Å². The van der Waals surface area contributed by atoms with E-state index in [0.29, 0.717) is 6.04 Å². The van der Waals surface area contributed by atoms with E-state index in [0.717, 1.165) is 28.8 Å². The van der Waals surface area contributed by atoms with Crippen molar-refractivity contribution < 1.29 is 0 Å². The predicted octanol–water partition coefficient (Wildman–Crippen LogP) is 3.90. The lowest BCUT2D eigenvalue weighted by Gasteiger charge is -2.22. The number of imidazole rings is 1. The summed E-state index contributed by atoms with van der Waals surface area (Å²) in [5, 5.41) is 4.30. The molecule has 0 radical (unpaired) electrons. The second-order valence-electron chi connectivity index (χ2n) is 5.09. The number of rotatable bonds is 6. The first-order chi connectivity index (χ1) is 9.13. The van der Waals surface area contributed by atoms with Gasteiger partial charge < -0.3 is 9.72 Å². The number of hydrogen-bond donors (Lipinski definition) is 1. The van der Waals surface area contributed by atoms with E-state index in [-0.39, 0.29) is 0 Å². The zero-order chi connectivity index (χ0) is 13.8. The van der Waals surface area contributed by atoms with Crippen molar-refractivity contribution in [3.63, 3.8) is 0 Å². The monoisotopic (exact) mass is 279 g/mol. The molecule has 0 aliphatic heterocycles. The smallest absolute Gasteiger partial charge is 0.137 e. The topological polar surface area (TPSA) is 29.3 Å². The Bertz CT molecular complexity index is 531. The van der Waals surface area contributed by atoms with E-state index in [1.54, 1.807) is 0 Å². The van der Waals surface area contributed by atoms with E-state index in [9.17, 15) is 0 Å². The van der Waals surface area contributed by atoms with Crippen LogP contribution >= 0.6 is 11.6 Å². The number of pyridine rings is 1. The normalized spacial score (nSPS) is 13.3. The maximum absolute atomic E-state index is 5.97. The molecule has 4 heteroatoms. The Kier molecular flexibility index (Phi) is 4.83. The number of hydrogen-bond acceptors (Lipinski definition) is 2. The van der Waals surface area contributed by atoms with Gasteiger partial charge in [-0.1, -0.05) is 38.3 Å². The van der Waals surface area contributed by atoms with Crippen LogP contribution in [-0.2, 0) is 6.54 Å². The van der Waals surface area contributed by atoms with Gasteiger partial charge in [-0.25, -0.2) is 4.98 Å². The average molecular weight is 280 g/mol. The van der Waals surface area contributed by atoms with Gasteiger partial charge in [0, 0.05) is 25.0 Å². The van der Waals surface area contributed by atoms with E-state index in [1.807, 2.05) is 28.9 Å². The molecule has 2 rings (SSSR count). The fourth-order valence-electron chi connectivity index (χ4n) is 2.53. The van der Waals surface area contributed by atoms with Gasteiger partial charge in [-0.3, -0.25) is 0 Å². The predicted molar refractivity (Wildman–Crippen MR) is 80.6 cm³/mol. The quantitative estimate of drug-likeness (QED) is 0.869. The molecule has 104 valence electrons. The zero-order valence-electron chi connectivity index (χ0n) is 11.9. The van der Waals surface area contributed by atoms with Crippen molar-refractivity contribution in [2.45, 2.75) is 46.2 Å². The Hall–Kier alpha value is -1.06. The molecule has 0 amide bonds. The minimum atomic E-state index is 0.517. The third-order valence-corrected chi connectivity index (χ3v) is 4.05. The molecule has 0 bridgehead atoms. The molecule has 2 aromatic rings. The largest absolute Gasteiger partial charge is 0.308 e. The highest BCUT2D eigenvalue weighted by Gasteiger charge is 2.13. The van der Waals surface area contributed by atoms with Crippen molar-refractivity contribution in [2.75, 3.05) is 0 Å². The van der Waals surface area contributed by atoms with Crippen molar-refractivity contribution in [3.8, 4) is 0 Å². The summed E-state index contributed by atoms with van der Waals surface area (Å²) >= 11 is 5.97. The van der Waals surface area contributed by atoms with Gasteiger partial charge in [0.1, 0.15) is 5.65 Å². The molecule has 3 nitrogen and oxygen atoms in total. The molecule has 2 heterocycles. The lowest BCUT2D eigenvalue weighted by molar-refractivity contribution is 0.352. The number of nitrogens with one attached hydrogen (secondary N) is 1. The second kappa shape index (κ2) is 6.40. The first kappa shape index (κ1) is 14.4. The van der Waals surface area contributed by atoms with E-state index in [2.05, 4.69) is 31.1 Å². The zero-order valence-corrected chi connectivity index (χ0v) is 12.6. The van der Waals surface area contributed by atoms with E-state index in [4.69, 9.17) is 11.6 Å². The average Bonchev–Trinajstić information content (AvgIpc) is 2.79. The first-order valence-electron chi connectivity index (χ1n) is 7.00. The summed E-state index contributed by atoms with van der Waals surface area (Å²) in [6.45, 7) is 7.56. The van der Waals surface area contributed by atoms with Crippen molar-refractivity contribution in [1.29, 1.82) is 0 Å². The Morgan fingerprint density at radius 3 is 2.68 bits per heavy atom. The van der Waals surface area contributed by atoms with Crippen LogP contribution in [0.4, 0.5) is 0 Å². The molecule has 19 heavy (non-hydrogen) atoms. The third-order valence-electron chi connectivity index (χ3n) is 3.83. The summed E-state index contributed by atoms with van der Waals surface area (Å²) < 4.78 is 1.97. The number of aromatic nitrogens is 2. The first-order valence-corrected chi connectivity index (χ1v) is 7.38. The molecule has 0 saturated heterocycles. The second-order valence-corrected chi connectivity index (χ2v) is 5.53. The standard InChI is InChI=1S/C15H22ClN3/c1-4-12(5-2)11(3)17-8-14-10-19-9-13(16)6-7-15(19)18-14/h6-7,9-12,17H,4-5,8H2,1-3H3. The van der Waals surface area contributed by atoms with Gasteiger partial charge in [-0.05, 0) is 25.0 Å². The molecule has 1 unspecified atom stereocenters. The van der Waals surface area contributed by atoms with Crippen LogP contribution in [0, 0.1) is 5.92 Å². The van der Waals surface area contributed by atoms with Crippen LogP contribution in [0.3, 0.4) is 0 Å². The van der Waals surface area contributed by atoms with Crippen LogP contribution in [0.2, 0.25) is 5.02 Å². The molecule has 0 saturated carbocycles. The maximum Gasteiger partial charge on any atom is 0.137 e. The number of halogens is 1. The molecule has 0 spiro atoms. The Labute approximate surface area is 120 Å². The number of fused-ring (bicyclic) bond motifs is 1. The molecular formula is C15H22ClN3. The summed E-state index contributed by atoms with van der Waals surface area (Å²) in [5.41, 5.74) is 2.00. The van der Waals surface area contributed by atoms with Crippen molar-refractivity contribution in [1.82, 2.24) is 14.7 Å². The molecule has 0 aliphatic rings. The van der Waals surface area contributed by atoms with Gasteiger partial charge >= 0.3 is 0 Å². The molecule has 1 atom stereocenters. The summed E-state index contributed by atoms with van der Waals surface area (Å²) in [7, 11) is 0. The highest BCUT2D eigenvalue weighted by atomic mass is 35.5. The lowest BCUT2D eigenvalue weighted by Crippen LogP contribution is -2.32. The SMILES string of the molecule is CCC(CC)C(C)NCc1cn2cc(Cl)ccc2n1. The van der Waals surface area contributed by atoms with Crippen molar-refractivity contribution in [3.05, 3.63) is 35.2 Å². The molecule has 0 aromatic carbocycles. The van der Waals surface area contributed by atoms with E-state index in [1.165, 1.54) is 12.8 Å². The van der Waals surface area contributed by atoms with Gasteiger partial charge in [0.2, 0.25) is 0 Å². The molecule has 1 N–H and O–H groups in total. The lowest BCUT2D eigenvalue weighted by atomic mass is 9.95. The van der Waals surface area contributed by atoms with Crippen LogP contribution in [0.5, 0.6) is 0 Å². The van der Waals surface area contributed by atoms with Crippen LogP contribution < -0.4 is 5.32 Å². The Morgan fingerprint density at radius 2 is 2.00 bits per heavy atom. The maximum atomic E-state index is 5.97. The highest BCUT2D eigenvalue weighted by Crippen LogP contribution is 2.14. The summed E-state index contributed by atoms with van der Waals surface area (Å²) in [5.74, 6) is 0.728. The molecular weight excluding hydrogens is 258 g/mol. The summed E-state index contributed by atoms with van der Waals surface area (Å²) in [6, 6.07) is 4.33. The minimum absolute atomic E-state index is 0.517. The van der Waals surface area contributed by atoms with Crippen LogP contribution in [0.1, 0.15) is 39.3 Å². The fraction of sp³-hybridized carbons (Fsp3) is 0.533. The molecule has 2 aromatic heterocycles. The van der Waals surface area contributed by atoms with Gasteiger partial charge in [-0.2, -0.15) is 0 Å². The van der Waals surface area contributed by atoms with E-state index >= 15 is 0 Å². The Morgan fingerprint density at radius 1 is 1.26 bits per heavy atom. The fourth-order valence-corrected chi connectivity index (χ4v) is 2.70. The van der Waals surface area contributed by atoms with Gasteiger partial charge in [0.15, 0.2) is 0 Å². The van der Waals surface area contributed by atoms with Gasteiger partial charge in [0.05, 0.1) is 10.7 Å². The van der Waals surface area contributed by atoms with E-state index < -0.39 is 0 Å².